The molecule has 2 aromatic heterocycles. The highest BCUT2D eigenvalue weighted by Crippen LogP contribution is 2.22. The van der Waals surface area contributed by atoms with Crippen LogP contribution in [0.2, 0.25) is 0 Å². The molecule has 1 aromatic carbocycles. The van der Waals surface area contributed by atoms with Crippen molar-refractivity contribution in [3.63, 3.8) is 0 Å². The summed E-state index contributed by atoms with van der Waals surface area (Å²) < 4.78 is 5.49. The van der Waals surface area contributed by atoms with Crippen LogP contribution in [0, 0.1) is 0 Å². The molecule has 4 nitrogen and oxygen atoms in total. The Morgan fingerprint density at radius 1 is 1.16 bits per heavy atom. The van der Waals surface area contributed by atoms with Gasteiger partial charge in [0.1, 0.15) is 0 Å². The lowest BCUT2D eigenvalue weighted by Crippen LogP contribution is -2.01. The number of Topliss-reactive ketones (excluding diaryl/α,β-unsaturated/α-hetero) is 1. The number of fused-ring (bicyclic) bond motifs is 1. The number of pyridine rings is 1. The average Bonchev–Trinajstić information content (AvgIpc) is 2.88. The molecule has 0 aliphatic rings. The highest BCUT2D eigenvalue weighted by atomic mass is 32.2. The fourth-order valence-corrected chi connectivity index (χ4v) is 2.37. The van der Waals surface area contributed by atoms with E-state index in [1.54, 1.807) is 30.5 Å². The van der Waals surface area contributed by atoms with Gasteiger partial charge in [-0.15, -0.1) is 0 Å². The molecule has 0 fully saturated rings. The van der Waals surface area contributed by atoms with E-state index < -0.39 is 0 Å². The summed E-state index contributed by atoms with van der Waals surface area (Å²) in [5.41, 5.74) is 1.90. The van der Waals surface area contributed by atoms with E-state index in [1.807, 2.05) is 18.2 Å². The Labute approximate surface area is 113 Å². The molecule has 0 spiro atoms. The molecule has 0 radical (unpaired) electrons. The highest BCUT2D eigenvalue weighted by molar-refractivity contribution is 7.99. The van der Waals surface area contributed by atoms with Crippen LogP contribution in [-0.2, 0) is 0 Å². The lowest BCUT2D eigenvalue weighted by molar-refractivity contribution is 0.102. The van der Waals surface area contributed by atoms with E-state index in [1.165, 1.54) is 11.8 Å². The van der Waals surface area contributed by atoms with Crippen LogP contribution < -0.4 is 0 Å². The number of carbonyl (C=O) groups excluding carboxylic acids is 1. The molecule has 3 aromatic rings. The molecule has 5 heteroatoms. The monoisotopic (exact) mass is 270 g/mol. The molecule has 0 unspecified atom stereocenters. The zero-order valence-corrected chi connectivity index (χ0v) is 10.8. The van der Waals surface area contributed by atoms with Crippen molar-refractivity contribution in [3.05, 3.63) is 54.2 Å². The summed E-state index contributed by atoms with van der Waals surface area (Å²) in [5.74, 6) is 0.359. The van der Waals surface area contributed by atoms with Crippen LogP contribution in [0.3, 0.4) is 0 Å². The number of aromatic nitrogens is 2. The topological polar surface area (TPSA) is 56.0 Å². The van der Waals surface area contributed by atoms with Gasteiger partial charge in [-0.25, -0.2) is 4.98 Å². The molecule has 0 saturated carbocycles. The SMILES string of the molecule is O=C(CSc1nc2ncccc2o1)c1ccccc1. The summed E-state index contributed by atoms with van der Waals surface area (Å²) >= 11 is 1.28. The lowest BCUT2D eigenvalue weighted by Gasteiger charge is -1.97. The average molecular weight is 270 g/mol. The fraction of sp³-hybridized carbons (Fsp3) is 0.0714. The molecule has 0 aliphatic heterocycles. The predicted octanol–water partition coefficient (Wildman–Crippen LogP) is 3.20. The van der Waals surface area contributed by atoms with Gasteiger partial charge in [-0.1, -0.05) is 42.1 Å². The van der Waals surface area contributed by atoms with Crippen LogP contribution in [0.15, 0.2) is 58.3 Å². The number of ketones is 1. The molecular formula is C14H10N2O2S. The van der Waals surface area contributed by atoms with Crippen molar-refractivity contribution < 1.29 is 9.21 Å². The van der Waals surface area contributed by atoms with Crippen LogP contribution in [0.25, 0.3) is 11.2 Å². The van der Waals surface area contributed by atoms with E-state index in [0.717, 1.165) is 0 Å². The number of oxazole rings is 1. The minimum Gasteiger partial charge on any atom is -0.430 e. The minimum atomic E-state index is 0.0563. The Morgan fingerprint density at radius 3 is 2.79 bits per heavy atom. The molecule has 0 aliphatic carbocycles. The number of thioether (sulfide) groups is 1. The standard InChI is InChI=1S/C14H10N2O2S/c17-11(10-5-2-1-3-6-10)9-19-14-16-13-12(18-14)7-4-8-15-13/h1-8H,9H2. The Balaban J connectivity index is 1.71. The predicted molar refractivity (Wildman–Crippen MR) is 73.3 cm³/mol. The third kappa shape index (κ3) is 2.66. The van der Waals surface area contributed by atoms with E-state index in [9.17, 15) is 4.79 Å². The van der Waals surface area contributed by atoms with E-state index in [2.05, 4.69) is 9.97 Å². The Morgan fingerprint density at radius 2 is 2.00 bits per heavy atom. The quantitative estimate of drug-likeness (QED) is 0.538. The maximum Gasteiger partial charge on any atom is 0.258 e. The van der Waals surface area contributed by atoms with E-state index in [0.29, 0.717) is 27.8 Å². The fourth-order valence-electron chi connectivity index (χ4n) is 1.65. The molecule has 0 amide bonds. The van der Waals surface area contributed by atoms with Crippen LogP contribution in [0.4, 0.5) is 0 Å². The molecule has 94 valence electrons. The maximum absolute atomic E-state index is 11.9. The maximum atomic E-state index is 11.9. The molecule has 0 N–H and O–H groups in total. The van der Waals surface area contributed by atoms with E-state index >= 15 is 0 Å². The smallest absolute Gasteiger partial charge is 0.258 e. The number of rotatable bonds is 4. The van der Waals surface area contributed by atoms with Crippen molar-refractivity contribution in [2.75, 3.05) is 5.75 Å². The van der Waals surface area contributed by atoms with Crippen LogP contribution >= 0.6 is 11.8 Å². The van der Waals surface area contributed by atoms with Gasteiger partial charge in [0.25, 0.3) is 5.22 Å². The number of hydrogen-bond donors (Lipinski definition) is 0. The molecule has 3 rings (SSSR count). The van der Waals surface area contributed by atoms with E-state index in [-0.39, 0.29) is 5.78 Å². The number of carbonyl (C=O) groups is 1. The summed E-state index contributed by atoms with van der Waals surface area (Å²) in [6.07, 6.45) is 1.66. The summed E-state index contributed by atoms with van der Waals surface area (Å²) in [7, 11) is 0. The van der Waals surface area contributed by atoms with Crippen molar-refractivity contribution in [3.8, 4) is 0 Å². The Kier molecular flexibility index (Phi) is 3.29. The zero-order chi connectivity index (χ0) is 13.1. The Bertz CT molecular complexity index is 677. The molecular weight excluding hydrogens is 260 g/mol. The van der Waals surface area contributed by atoms with Crippen LogP contribution in [0.5, 0.6) is 0 Å². The number of hydrogen-bond acceptors (Lipinski definition) is 5. The minimum absolute atomic E-state index is 0.0563. The molecule has 0 saturated heterocycles. The van der Waals surface area contributed by atoms with Gasteiger partial charge >= 0.3 is 0 Å². The summed E-state index contributed by atoms with van der Waals surface area (Å²) in [6.45, 7) is 0. The van der Waals surface area contributed by atoms with Gasteiger partial charge in [0.05, 0.1) is 5.75 Å². The van der Waals surface area contributed by atoms with Crippen molar-refractivity contribution in [2.45, 2.75) is 5.22 Å². The summed E-state index contributed by atoms with van der Waals surface area (Å²) in [5, 5.41) is 0.470. The van der Waals surface area contributed by atoms with Crippen LogP contribution in [-0.4, -0.2) is 21.5 Å². The largest absolute Gasteiger partial charge is 0.430 e. The summed E-state index contributed by atoms with van der Waals surface area (Å²) in [6, 6.07) is 12.8. The third-order valence-corrected chi connectivity index (χ3v) is 3.40. The first-order chi connectivity index (χ1) is 9.33. The lowest BCUT2D eigenvalue weighted by atomic mass is 10.2. The first-order valence-corrected chi connectivity index (χ1v) is 6.74. The normalized spacial score (nSPS) is 10.7. The second-order valence-corrected chi connectivity index (χ2v) is 4.81. The second-order valence-electron chi connectivity index (χ2n) is 3.88. The van der Waals surface area contributed by atoms with Gasteiger partial charge in [-0.05, 0) is 12.1 Å². The van der Waals surface area contributed by atoms with Gasteiger partial charge in [-0.2, -0.15) is 4.98 Å². The van der Waals surface area contributed by atoms with Crippen molar-refractivity contribution >= 4 is 28.8 Å². The van der Waals surface area contributed by atoms with Gasteiger partial charge < -0.3 is 4.42 Å². The first kappa shape index (κ1) is 11.9. The second kappa shape index (κ2) is 5.24. The number of nitrogens with zero attached hydrogens (tertiary/aromatic N) is 2. The van der Waals surface area contributed by atoms with Gasteiger partial charge in [0.2, 0.25) is 0 Å². The van der Waals surface area contributed by atoms with Crippen molar-refractivity contribution in [2.24, 2.45) is 0 Å². The van der Waals surface area contributed by atoms with Crippen molar-refractivity contribution in [1.82, 2.24) is 9.97 Å². The van der Waals surface area contributed by atoms with Gasteiger partial charge in [0, 0.05) is 11.8 Å². The Hall–Kier alpha value is -2.14. The van der Waals surface area contributed by atoms with Crippen LogP contribution in [0.1, 0.15) is 10.4 Å². The third-order valence-electron chi connectivity index (χ3n) is 2.57. The molecule has 2 heterocycles. The molecule has 0 atom stereocenters. The number of benzene rings is 1. The van der Waals surface area contributed by atoms with E-state index in [4.69, 9.17) is 4.42 Å². The highest BCUT2D eigenvalue weighted by Gasteiger charge is 2.10. The van der Waals surface area contributed by atoms with Gasteiger partial charge in [0.15, 0.2) is 17.0 Å². The molecule has 0 bridgehead atoms. The first-order valence-electron chi connectivity index (χ1n) is 5.75. The molecule has 19 heavy (non-hydrogen) atoms. The zero-order valence-electron chi connectivity index (χ0n) is 9.95. The van der Waals surface area contributed by atoms with Crippen molar-refractivity contribution in [1.29, 1.82) is 0 Å². The summed E-state index contributed by atoms with van der Waals surface area (Å²) in [4.78, 5) is 20.2. The van der Waals surface area contributed by atoms with Gasteiger partial charge in [-0.3, -0.25) is 4.79 Å².